The zero-order valence-electron chi connectivity index (χ0n) is 19.5. The maximum absolute atomic E-state index is 8.60. The number of benzene rings is 2. The summed E-state index contributed by atoms with van der Waals surface area (Å²) in [7, 11) is 0. The molecule has 1 fully saturated rings. The van der Waals surface area contributed by atoms with E-state index in [1.807, 2.05) is 12.1 Å². The number of anilines is 1. The zero-order valence-corrected chi connectivity index (χ0v) is 16.5. The Morgan fingerprint density at radius 1 is 1.00 bits per heavy atom. The lowest BCUT2D eigenvalue weighted by molar-refractivity contribution is 0.0922. The van der Waals surface area contributed by atoms with Crippen LogP contribution in [0.3, 0.4) is 0 Å². The highest BCUT2D eigenvalue weighted by Crippen LogP contribution is 2.58. The molecule has 2 unspecified atom stereocenters. The van der Waals surface area contributed by atoms with Crippen LogP contribution in [0.15, 0.2) is 54.2 Å². The van der Waals surface area contributed by atoms with Crippen molar-refractivity contribution in [3.63, 3.8) is 0 Å². The molecule has 2 heterocycles. The van der Waals surface area contributed by atoms with Crippen LogP contribution in [0.5, 0.6) is 0 Å². The number of rotatable bonds is 2. The first kappa shape index (κ1) is 13.9. The highest BCUT2D eigenvalue weighted by molar-refractivity contribution is 5.82. The SMILES string of the molecule is [2H]C([2H])([2H])C1N(c2ccccc2C)C(C)=C2c3ccccc3C(C)(C3CCCC3)N21. The van der Waals surface area contributed by atoms with E-state index in [2.05, 4.69) is 67.0 Å². The van der Waals surface area contributed by atoms with E-state index in [1.165, 1.54) is 24.0 Å². The van der Waals surface area contributed by atoms with E-state index in [0.717, 1.165) is 35.5 Å². The minimum atomic E-state index is -2.15. The number of allylic oxidation sites excluding steroid dienone is 1. The van der Waals surface area contributed by atoms with Crippen LogP contribution in [-0.2, 0) is 5.54 Å². The largest absolute Gasteiger partial charge is 0.339 e. The lowest BCUT2D eigenvalue weighted by Gasteiger charge is -2.45. The van der Waals surface area contributed by atoms with E-state index in [9.17, 15) is 0 Å². The normalized spacial score (nSPS) is 29.6. The maximum atomic E-state index is 8.60. The number of hydrogen-bond acceptors (Lipinski definition) is 2. The molecule has 2 heteroatoms. The van der Waals surface area contributed by atoms with Crippen molar-refractivity contribution in [1.29, 1.82) is 0 Å². The van der Waals surface area contributed by atoms with Crippen molar-refractivity contribution in [2.24, 2.45) is 5.92 Å². The molecule has 140 valence electrons. The predicted octanol–water partition coefficient (Wildman–Crippen LogP) is 6.27. The summed E-state index contributed by atoms with van der Waals surface area (Å²) in [6, 6.07) is 16.7. The fourth-order valence-corrected chi connectivity index (χ4v) is 5.83. The molecular weight excluding hydrogens is 328 g/mol. The van der Waals surface area contributed by atoms with Gasteiger partial charge in [0.25, 0.3) is 0 Å². The molecule has 2 nitrogen and oxygen atoms in total. The van der Waals surface area contributed by atoms with Crippen LogP contribution in [0.4, 0.5) is 5.69 Å². The van der Waals surface area contributed by atoms with E-state index in [1.54, 1.807) is 0 Å². The maximum Gasteiger partial charge on any atom is 0.104 e. The summed E-state index contributed by atoms with van der Waals surface area (Å²) >= 11 is 0. The van der Waals surface area contributed by atoms with Gasteiger partial charge in [-0.25, -0.2) is 0 Å². The van der Waals surface area contributed by atoms with Crippen LogP contribution in [0, 0.1) is 12.8 Å². The van der Waals surface area contributed by atoms with Gasteiger partial charge >= 0.3 is 0 Å². The van der Waals surface area contributed by atoms with E-state index in [4.69, 9.17) is 4.11 Å². The molecule has 0 amide bonds. The van der Waals surface area contributed by atoms with Gasteiger partial charge in [-0.3, -0.25) is 0 Å². The highest BCUT2D eigenvalue weighted by Gasteiger charge is 2.55. The van der Waals surface area contributed by atoms with Crippen LogP contribution >= 0.6 is 0 Å². The van der Waals surface area contributed by atoms with Crippen molar-refractivity contribution < 1.29 is 4.11 Å². The van der Waals surface area contributed by atoms with Gasteiger partial charge in [0.05, 0.1) is 11.2 Å². The fraction of sp³-hybridized carbons (Fsp3) is 0.440. The lowest BCUT2D eigenvalue weighted by Crippen LogP contribution is -2.50. The summed E-state index contributed by atoms with van der Waals surface area (Å²) in [5, 5.41) is 0. The number of hydrogen-bond donors (Lipinski definition) is 0. The summed E-state index contributed by atoms with van der Waals surface area (Å²) < 4.78 is 25.8. The molecule has 2 aromatic rings. The van der Waals surface area contributed by atoms with Gasteiger partial charge in [-0.1, -0.05) is 55.3 Å². The Bertz CT molecular complexity index is 1020. The van der Waals surface area contributed by atoms with Gasteiger partial charge in [-0.2, -0.15) is 0 Å². The average molecular weight is 362 g/mol. The van der Waals surface area contributed by atoms with Crippen molar-refractivity contribution in [1.82, 2.24) is 4.90 Å². The second kappa shape index (κ2) is 5.89. The van der Waals surface area contributed by atoms with Crippen molar-refractivity contribution in [3.8, 4) is 0 Å². The number of aryl methyl sites for hydroxylation is 1. The third-order valence-electron chi connectivity index (χ3n) is 7.19. The van der Waals surface area contributed by atoms with Gasteiger partial charge in [-0.05, 0) is 63.6 Å². The topological polar surface area (TPSA) is 6.48 Å². The molecule has 2 aromatic carbocycles. The molecule has 0 spiro atoms. The highest BCUT2D eigenvalue weighted by atomic mass is 15.5. The average Bonchev–Trinajstić information content (AvgIpc) is 3.39. The van der Waals surface area contributed by atoms with Crippen LogP contribution < -0.4 is 4.90 Å². The van der Waals surface area contributed by atoms with E-state index in [0.29, 0.717) is 5.92 Å². The van der Waals surface area contributed by atoms with Crippen molar-refractivity contribution in [2.75, 3.05) is 4.90 Å². The van der Waals surface area contributed by atoms with Crippen molar-refractivity contribution in [3.05, 3.63) is 70.9 Å². The van der Waals surface area contributed by atoms with Crippen molar-refractivity contribution >= 4 is 11.4 Å². The van der Waals surface area contributed by atoms with Crippen LogP contribution in [0.1, 0.15) is 67.2 Å². The van der Waals surface area contributed by atoms with Crippen LogP contribution in [0.25, 0.3) is 5.70 Å². The quantitative estimate of drug-likeness (QED) is 0.622. The Labute approximate surface area is 167 Å². The Morgan fingerprint density at radius 3 is 2.44 bits per heavy atom. The Hall–Kier alpha value is -2.22. The first-order chi connectivity index (χ1) is 14.3. The molecule has 0 bridgehead atoms. The molecule has 0 aromatic heterocycles. The van der Waals surface area contributed by atoms with E-state index >= 15 is 0 Å². The first-order valence-electron chi connectivity index (χ1n) is 11.7. The van der Waals surface area contributed by atoms with E-state index in [-0.39, 0.29) is 5.54 Å². The summed E-state index contributed by atoms with van der Waals surface area (Å²) in [5.41, 5.74) is 6.43. The molecule has 1 saturated carbocycles. The number of fused-ring (bicyclic) bond motifs is 3. The molecule has 1 aliphatic carbocycles. The minimum absolute atomic E-state index is 0.305. The fourth-order valence-electron chi connectivity index (χ4n) is 5.83. The van der Waals surface area contributed by atoms with Gasteiger partial charge < -0.3 is 9.80 Å². The summed E-state index contributed by atoms with van der Waals surface area (Å²) in [5.74, 6) is 0.464. The van der Waals surface area contributed by atoms with Crippen molar-refractivity contribution in [2.45, 2.75) is 65.0 Å². The van der Waals surface area contributed by atoms with Gasteiger partial charge in [0, 0.05) is 21.1 Å². The molecule has 2 aliphatic heterocycles. The summed E-state index contributed by atoms with van der Waals surface area (Å²) in [4.78, 5) is 4.36. The molecule has 0 radical (unpaired) electrons. The molecule has 27 heavy (non-hydrogen) atoms. The molecular formula is C25H30N2. The van der Waals surface area contributed by atoms with Gasteiger partial charge in [0.1, 0.15) is 6.17 Å². The molecule has 2 atom stereocenters. The van der Waals surface area contributed by atoms with Crippen LogP contribution in [0.2, 0.25) is 0 Å². The first-order valence-corrected chi connectivity index (χ1v) is 10.2. The summed E-state index contributed by atoms with van der Waals surface area (Å²) in [6.45, 7) is 4.31. The summed E-state index contributed by atoms with van der Waals surface area (Å²) in [6.07, 6.45) is 4.08. The monoisotopic (exact) mass is 361 g/mol. The number of para-hydroxylation sites is 1. The van der Waals surface area contributed by atoms with Crippen LogP contribution in [-0.4, -0.2) is 11.1 Å². The van der Waals surface area contributed by atoms with Gasteiger partial charge in [-0.15, -0.1) is 0 Å². The van der Waals surface area contributed by atoms with Gasteiger partial charge in [0.15, 0.2) is 0 Å². The minimum Gasteiger partial charge on any atom is -0.339 e. The second-order valence-electron chi connectivity index (χ2n) is 8.51. The number of nitrogens with zero attached hydrogens (tertiary/aromatic N) is 2. The molecule has 0 N–H and O–H groups in total. The Kier molecular flexibility index (Phi) is 3.03. The van der Waals surface area contributed by atoms with E-state index < -0.39 is 13.0 Å². The van der Waals surface area contributed by atoms with Gasteiger partial charge in [0.2, 0.25) is 0 Å². The lowest BCUT2D eigenvalue weighted by atomic mass is 9.78. The molecule has 3 aliphatic rings. The second-order valence-corrected chi connectivity index (χ2v) is 8.51. The standard InChI is InChI=1S/C25H30N2/c1-17-11-5-10-16-23(17)26-18(2)24-21-14-8-9-15-22(21)25(4,27(24)19(26)3)20-12-6-7-13-20/h5,8-11,14-16,19-20H,6-7,12-13H2,1-4H3/i3D3. The third kappa shape index (κ3) is 2.13. The third-order valence-corrected chi connectivity index (χ3v) is 7.19. The zero-order chi connectivity index (χ0) is 21.3. The molecule has 0 saturated heterocycles. The smallest absolute Gasteiger partial charge is 0.104 e. The predicted molar refractivity (Wildman–Crippen MR) is 113 cm³/mol. The Balaban J connectivity index is 1.79. The molecule has 5 rings (SSSR count). The Morgan fingerprint density at radius 2 is 1.70 bits per heavy atom.